The number of amides is 1. The minimum Gasteiger partial charge on any atom is -0.444 e. The van der Waals surface area contributed by atoms with Crippen LogP contribution in [0.2, 0.25) is 0 Å². The van der Waals surface area contributed by atoms with E-state index in [9.17, 15) is 9.18 Å². The topological polar surface area (TPSA) is 64.3 Å². The van der Waals surface area contributed by atoms with Gasteiger partial charge in [0.1, 0.15) is 11.4 Å². The lowest BCUT2D eigenvalue weighted by atomic mass is 10.1. The van der Waals surface area contributed by atoms with Crippen LogP contribution in [-0.4, -0.2) is 11.7 Å². The van der Waals surface area contributed by atoms with Gasteiger partial charge in [0.25, 0.3) is 0 Å². The van der Waals surface area contributed by atoms with Crippen LogP contribution in [0.25, 0.3) is 0 Å². The molecule has 100 valence electrons. The first-order valence-corrected chi connectivity index (χ1v) is 5.74. The molecule has 1 rings (SSSR count). The van der Waals surface area contributed by atoms with E-state index in [1.165, 1.54) is 12.1 Å². The van der Waals surface area contributed by atoms with E-state index in [0.29, 0.717) is 0 Å². The molecule has 0 radical (unpaired) electrons. The fourth-order valence-corrected chi connectivity index (χ4v) is 1.34. The van der Waals surface area contributed by atoms with E-state index in [-0.39, 0.29) is 11.7 Å². The van der Waals surface area contributed by atoms with Gasteiger partial charge >= 0.3 is 6.09 Å². The lowest BCUT2D eigenvalue weighted by Gasteiger charge is -2.20. The predicted octanol–water partition coefficient (Wildman–Crippen LogP) is 3.19. The first-order valence-electron chi connectivity index (χ1n) is 5.74. The van der Waals surface area contributed by atoms with Crippen LogP contribution in [0.3, 0.4) is 0 Å². The summed E-state index contributed by atoms with van der Waals surface area (Å²) in [5, 5.41) is 2.37. The summed E-state index contributed by atoms with van der Waals surface area (Å²) >= 11 is 0. The molecule has 4 nitrogen and oxygen atoms in total. The Labute approximate surface area is 106 Å². The summed E-state index contributed by atoms with van der Waals surface area (Å²) < 4.78 is 18.6. The summed E-state index contributed by atoms with van der Waals surface area (Å²) in [6, 6.07) is 4.13. The largest absolute Gasteiger partial charge is 0.444 e. The third-order valence-electron chi connectivity index (χ3n) is 2.15. The molecule has 1 aromatic rings. The number of hydrogen-bond acceptors (Lipinski definition) is 3. The molecule has 0 aromatic heterocycles. The van der Waals surface area contributed by atoms with Gasteiger partial charge in [0, 0.05) is 6.04 Å². The van der Waals surface area contributed by atoms with Crippen LogP contribution in [-0.2, 0) is 4.74 Å². The zero-order valence-electron chi connectivity index (χ0n) is 11.1. The SMILES string of the molecule is CC(N)c1ccc(F)c(NC(=O)OC(C)(C)C)c1. The van der Waals surface area contributed by atoms with Crippen LogP contribution >= 0.6 is 0 Å². The maximum atomic E-state index is 13.5. The Hall–Kier alpha value is -1.62. The summed E-state index contributed by atoms with van der Waals surface area (Å²) in [5.41, 5.74) is 5.88. The molecule has 0 saturated carbocycles. The number of anilines is 1. The molecule has 0 aliphatic carbocycles. The van der Waals surface area contributed by atoms with Gasteiger partial charge in [-0.15, -0.1) is 0 Å². The summed E-state index contributed by atoms with van der Waals surface area (Å²) in [6.45, 7) is 6.99. The fraction of sp³-hybridized carbons (Fsp3) is 0.462. The van der Waals surface area contributed by atoms with Crippen LogP contribution in [0.5, 0.6) is 0 Å². The van der Waals surface area contributed by atoms with Crippen molar-refractivity contribution >= 4 is 11.8 Å². The molecule has 1 unspecified atom stereocenters. The maximum Gasteiger partial charge on any atom is 0.412 e. The Morgan fingerprint density at radius 2 is 2.06 bits per heavy atom. The number of nitrogens with one attached hydrogen (secondary N) is 1. The highest BCUT2D eigenvalue weighted by atomic mass is 19.1. The van der Waals surface area contributed by atoms with Crippen molar-refractivity contribution in [1.82, 2.24) is 0 Å². The van der Waals surface area contributed by atoms with Crippen molar-refractivity contribution < 1.29 is 13.9 Å². The van der Waals surface area contributed by atoms with E-state index in [4.69, 9.17) is 10.5 Å². The average molecular weight is 254 g/mol. The monoisotopic (exact) mass is 254 g/mol. The van der Waals surface area contributed by atoms with E-state index in [2.05, 4.69) is 5.32 Å². The molecule has 3 N–H and O–H groups in total. The van der Waals surface area contributed by atoms with Gasteiger partial charge in [-0.25, -0.2) is 9.18 Å². The molecular formula is C13H19FN2O2. The molecule has 18 heavy (non-hydrogen) atoms. The van der Waals surface area contributed by atoms with Crippen molar-refractivity contribution in [2.24, 2.45) is 5.73 Å². The zero-order chi connectivity index (χ0) is 13.9. The number of ether oxygens (including phenoxy) is 1. The van der Waals surface area contributed by atoms with E-state index in [0.717, 1.165) is 5.56 Å². The van der Waals surface area contributed by atoms with E-state index >= 15 is 0 Å². The molecule has 1 atom stereocenters. The van der Waals surface area contributed by atoms with Gasteiger partial charge in [0.05, 0.1) is 5.69 Å². The van der Waals surface area contributed by atoms with Gasteiger partial charge in [-0.2, -0.15) is 0 Å². The minimum atomic E-state index is -0.691. The number of nitrogens with two attached hydrogens (primary N) is 1. The number of rotatable bonds is 2. The molecule has 1 amide bonds. The quantitative estimate of drug-likeness (QED) is 0.851. The van der Waals surface area contributed by atoms with Crippen LogP contribution < -0.4 is 11.1 Å². The number of carbonyl (C=O) groups excluding carboxylic acids is 1. The summed E-state index contributed by atoms with van der Waals surface area (Å²) in [7, 11) is 0. The molecule has 0 saturated heterocycles. The predicted molar refractivity (Wildman–Crippen MR) is 68.9 cm³/mol. The number of halogens is 1. The van der Waals surface area contributed by atoms with Crippen molar-refractivity contribution in [3.63, 3.8) is 0 Å². The van der Waals surface area contributed by atoms with Crippen molar-refractivity contribution in [3.8, 4) is 0 Å². The van der Waals surface area contributed by atoms with Crippen molar-refractivity contribution in [1.29, 1.82) is 0 Å². The molecule has 0 aliphatic rings. The Morgan fingerprint density at radius 1 is 1.44 bits per heavy atom. The summed E-state index contributed by atoms with van der Waals surface area (Å²) in [6.07, 6.45) is -0.691. The Kier molecular flexibility index (Phi) is 4.29. The molecule has 1 aromatic carbocycles. The van der Waals surface area contributed by atoms with Gasteiger partial charge in [0.15, 0.2) is 0 Å². The van der Waals surface area contributed by atoms with Gasteiger partial charge in [-0.3, -0.25) is 5.32 Å². The lowest BCUT2D eigenvalue weighted by Crippen LogP contribution is -2.27. The minimum absolute atomic E-state index is 0.0686. The Morgan fingerprint density at radius 3 is 2.56 bits per heavy atom. The zero-order valence-corrected chi connectivity index (χ0v) is 11.1. The van der Waals surface area contributed by atoms with Crippen molar-refractivity contribution in [2.45, 2.75) is 39.3 Å². The molecule has 0 spiro atoms. The number of carbonyl (C=O) groups is 1. The normalized spacial score (nSPS) is 13.0. The van der Waals surface area contributed by atoms with Crippen LogP contribution in [0.1, 0.15) is 39.3 Å². The van der Waals surface area contributed by atoms with Gasteiger partial charge < -0.3 is 10.5 Å². The molecule has 0 heterocycles. The van der Waals surface area contributed by atoms with Crippen LogP contribution in [0.15, 0.2) is 18.2 Å². The smallest absolute Gasteiger partial charge is 0.412 e. The average Bonchev–Trinajstić information content (AvgIpc) is 2.18. The number of benzene rings is 1. The maximum absolute atomic E-state index is 13.5. The highest BCUT2D eigenvalue weighted by Gasteiger charge is 2.17. The van der Waals surface area contributed by atoms with Crippen molar-refractivity contribution in [3.05, 3.63) is 29.6 Å². The number of hydrogen-bond donors (Lipinski definition) is 2. The highest BCUT2D eigenvalue weighted by molar-refractivity contribution is 5.85. The third kappa shape index (κ3) is 4.33. The van der Waals surface area contributed by atoms with Gasteiger partial charge in [-0.05, 0) is 45.4 Å². The second-order valence-corrected chi connectivity index (χ2v) is 5.15. The van der Waals surface area contributed by atoms with Crippen LogP contribution in [0, 0.1) is 5.82 Å². The molecule has 5 heteroatoms. The Balaban J connectivity index is 2.84. The summed E-state index contributed by atoms with van der Waals surface area (Å²) in [5.74, 6) is -0.523. The van der Waals surface area contributed by atoms with E-state index in [1.54, 1.807) is 33.8 Å². The van der Waals surface area contributed by atoms with Crippen molar-refractivity contribution in [2.75, 3.05) is 5.32 Å². The standard InChI is InChI=1S/C13H19FN2O2/c1-8(15)9-5-6-10(14)11(7-9)16-12(17)18-13(2,3)4/h5-8H,15H2,1-4H3,(H,16,17). The lowest BCUT2D eigenvalue weighted by molar-refractivity contribution is 0.0635. The first kappa shape index (κ1) is 14.4. The Bertz CT molecular complexity index is 439. The van der Waals surface area contributed by atoms with Crippen LogP contribution in [0.4, 0.5) is 14.9 Å². The van der Waals surface area contributed by atoms with E-state index < -0.39 is 17.5 Å². The molecule has 0 aliphatic heterocycles. The fourth-order valence-electron chi connectivity index (χ4n) is 1.34. The first-order chi connectivity index (χ1) is 8.19. The summed E-state index contributed by atoms with van der Waals surface area (Å²) in [4.78, 5) is 11.5. The van der Waals surface area contributed by atoms with Gasteiger partial charge in [0.2, 0.25) is 0 Å². The molecule has 0 bridgehead atoms. The highest BCUT2D eigenvalue weighted by Crippen LogP contribution is 2.20. The second kappa shape index (κ2) is 5.35. The molecular weight excluding hydrogens is 235 g/mol. The van der Waals surface area contributed by atoms with E-state index in [1.807, 2.05) is 0 Å². The second-order valence-electron chi connectivity index (χ2n) is 5.15. The molecule has 0 fully saturated rings. The van der Waals surface area contributed by atoms with Gasteiger partial charge in [-0.1, -0.05) is 6.07 Å². The third-order valence-corrected chi connectivity index (χ3v) is 2.15.